The second kappa shape index (κ2) is 6.45. The van der Waals surface area contributed by atoms with Crippen LogP contribution in [0.2, 0.25) is 0 Å². The first-order chi connectivity index (χ1) is 12.2. The third-order valence-corrected chi connectivity index (χ3v) is 4.21. The second-order valence-corrected chi connectivity index (χ2v) is 5.83. The SMILES string of the molecule is O=C(c1nc2ccccc2[nH]c1=O)N1CCO[C@@H](c2cccnc2)C1. The van der Waals surface area contributed by atoms with Crippen LogP contribution in [0.4, 0.5) is 0 Å². The van der Waals surface area contributed by atoms with Gasteiger partial charge in [0.1, 0.15) is 6.10 Å². The molecule has 126 valence electrons. The summed E-state index contributed by atoms with van der Waals surface area (Å²) < 4.78 is 5.74. The molecule has 0 saturated carbocycles. The molecule has 1 aliphatic heterocycles. The Morgan fingerprint density at radius 2 is 2.12 bits per heavy atom. The number of nitrogens with zero attached hydrogens (tertiary/aromatic N) is 3. The summed E-state index contributed by atoms with van der Waals surface area (Å²) in [6, 6.07) is 10.9. The number of para-hydroxylation sites is 2. The van der Waals surface area contributed by atoms with Gasteiger partial charge in [0.15, 0.2) is 5.69 Å². The molecule has 1 saturated heterocycles. The first-order valence-electron chi connectivity index (χ1n) is 8.02. The van der Waals surface area contributed by atoms with E-state index >= 15 is 0 Å². The van der Waals surface area contributed by atoms with Gasteiger partial charge in [-0.15, -0.1) is 0 Å². The number of ether oxygens (including phenoxy) is 1. The number of aromatic nitrogens is 3. The maximum absolute atomic E-state index is 12.8. The number of aromatic amines is 1. The van der Waals surface area contributed by atoms with Crippen LogP contribution in [-0.4, -0.2) is 45.5 Å². The van der Waals surface area contributed by atoms with E-state index in [9.17, 15) is 9.59 Å². The van der Waals surface area contributed by atoms with E-state index in [1.807, 2.05) is 24.3 Å². The van der Waals surface area contributed by atoms with Gasteiger partial charge in [0.05, 0.1) is 24.2 Å². The number of hydrogen-bond acceptors (Lipinski definition) is 5. The Hall–Kier alpha value is -3.06. The molecule has 25 heavy (non-hydrogen) atoms. The molecule has 1 atom stereocenters. The highest BCUT2D eigenvalue weighted by Gasteiger charge is 2.28. The van der Waals surface area contributed by atoms with Gasteiger partial charge in [0, 0.05) is 24.5 Å². The van der Waals surface area contributed by atoms with Crippen molar-refractivity contribution in [2.45, 2.75) is 6.10 Å². The predicted molar refractivity (Wildman–Crippen MR) is 91.2 cm³/mol. The number of nitrogens with one attached hydrogen (secondary N) is 1. The van der Waals surface area contributed by atoms with Gasteiger partial charge in [-0.3, -0.25) is 14.6 Å². The Morgan fingerprint density at radius 3 is 2.96 bits per heavy atom. The molecule has 1 aromatic carbocycles. The Labute approximate surface area is 143 Å². The molecule has 0 bridgehead atoms. The number of carbonyl (C=O) groups excluding carboxylic acids is 1. The molecule has 0 radical (unpaired) electrons. The lowest BCUT2D eigenvalue weighted by molar-refractivity contribution is -0.0232. The number of rotatable bonds is 2. The molecule has 1 aliphatic rings. The summed E-state index contributed by atoms with van der Waals surface area (Å²) >= 11 is 0. The van der Waals surface area contributed by atoms with Crippen molar-refractivity contribution in [2.75, 3.05) is 19.7 Å². The zero-order valence-corrected chi connectivity index (χ0v) is 13.4. The molecule has 7 nitrogen and oxygen atoms in total. The monoisotopic (exact) mass is 336 g/mol. The van der Waals surface area contributed by atoms with E-state index in [2.05, 4.69) is 15.0 Å². The molecule has 0 spiro atoms. The number of pyridine rings is 1. The fourth-order valence-corrected chi connectivity index (χ4v) is 2.93. The molecular formula is C18H16N4O3. The average Bonchev–Trinajstić information content (AvgIpc) is 2.68. The number of hydrogen-bond donors (Lipinski definition) is 1. The molecule has 3 heterocycles. The molecule has 1 fully saturated rings. The minimum Gasteiger partial charge on any atom is -0.370 e. The van der Waals surface area contributed by atoms with E-state index in [-0.39, 0.29) is 17.7 Å². The lowest BCUT2D eigenvalue weighted by Gasteiger charge is -2.32. The van der Waals surface area contributed by atoms with Crippen LogP contribution in [0.15, 0.2) is 53.6 Å². The van der Waals surface area contributed by atoms with Crippen LogP contribution >= 0.6 is 0 Å². The Morgan fingerprint density at radius 1 is 1.24 bits per heavy atom. The predicted octanol–water partition coefficient (Wildman–Crippen LogP) is 1.53. The molecule has 7 heteroatoms. The quantitative estimate of drug-likeness (QED) is 0.767. The van der Waals surface area contributed by atoms with Crippen LogP contribution < -0.4 is 5.56 Å². The summed E-state index contributed by atoms with van der Waals surface area (Å²) in [5, 5.41) is 0. The number of amides is 1. The maximum atomic E-state index is 12.8. The van der Waals surface area contributed by atoms with Crippen molar-refractivity contribution in [1.29, 1.82) is 0 Å². The molecule has 0 unspecified atom stereocenters. The minimum absolute atomic E-state index is 0.0921. The molecular weight excluding hydrogens is 320 g/mol. The van der Waals surface area contributed by atoms with Crippen molar-refractivity contribution in [3.63, 3.8) is 0 Å². The second-order valence-electron chi connectivity index (χ2n) is 5.83. The van der Waals surface area contributed by atoms with Gasteiger partial charge in [-0.1, -0.05) is 18.2 Å². The topological polar surface area (TPSA) is 88.2 Å². The van der Waals surface area contributed by atoms with Crippen molar-refractivity contribution in [1.82, 2.24) is 19.9 Å². The summed E-state index contributed by atoms with van der Waals surface area (Å²) in [4.78, 5) is 37.7. The smallest absolute Gasteiger partial charge is 0.280 e. The number of carbonyl (C=O) groups is 1. The Balaban J connectivity index is 1.62. The summed E-state index contributed by atoms with van der Waals surface area (Å²) in [5.74, 6) is -0.385. The van der Waals surface area contributed by atoms with Gasteiger partial charge >= 0.3 is 0 Å². The Kier molecular flexibility index (Phi) is 3.99. The van der Waals surface area contributed by atoms with E-state index in [1.54, 1.807) is 29.4 Å². The number of benzene rings is 1. The third-order valence-electron chi connectivity index (χ3n) is 4.21. The summed E-state index contributed by atoms with van der Waals surface area (Å²) in [6.45, 7) is 1.18. The summed E-state index contributed by atoms with van der Waals surface area (Å²) in [6.07, 6.45) is 3.15. The zero-order valence-electron chi connectivity index (χ0n) is 13.4. The molecule has 3 aromatic rings. The number of fused-ring (bicyclic) bond motifs is 1. The zero-order chi connectivity index (χ0) is 17.2. The van der Waals surface area contributed by atoms with Crippen LogP contribution in [0, 0.1) is 0 Å². The normalized spacial score (nSPS) is 17.6. The largest absolute Gasteiger partial charge is 0.370 e. The molecule has 1 amide bonds. The first-order valence-corrected chi connectivity index (χ1v) is 8.02. The van der Waals surface area contributed by atoms with E-state index in [1.165, 1.54) is 0 Å². The molecule has 0 aliphatic carbocycles. The van der Waals surface area contributed by atoms with Crippen LogP contribution in [0.1, 0.15) is 22.2 Å². The van der Waals surface area contributed by atoms with Crippen LogP contribution in [0.25, 0.3) is 11.0 Å². The number of H-pyrrole nitrogens is 1. The van der Waals surface area contributed by atoms with Crippen LogP contribution in [0.3, 0.4) is 0 Å². The highest BCUT2D eigenvalue weighted by Crippen LogP contribution is 2.22. The lowest BCUT2D eigenvalue weighted by Crippen LogP contribution is -2.44. The first kappa shape index (κ1) is 15.5. The lowest BCUT2D eigenvalue weighted by atomic mass is 10.1. The van der Waals surface area contributed by atoms with Gasteiger partial charge in [-0.2, -0.15) is 0 Å². The van der Waals surface area contributed by atoms with Crippen LogP contribution in [0.5, 0.6) is 0 Å². The van der Waals surface area contributed by atoms with E-state index in [0.717, 1.165) is 5.56 Å². The van der Waals surface area contributed by atoms with Gasteiger partial charge in [0.2, 0.25) is 0 Å². The summed E-state index contributed by atoms with van der Waals surface area (Å²) in [7, 11) is 0. The van der Waals surface area contributed by atoms with Crippen molar-refractivity contribution < 1.29 is 9.53 Å². The maximum Gasteiger partial charge on any atom is 0.280 e. The van der Waals surface area contributed by atoms with Gasteiger partial charge in [-0.05, 0) is 18.2 Å². The van der Waals surface area contributed by atoms with E-state index in [4.69, 9.17) is 4.74 Å². The van der Waals surface area contributed by atoms with E-state index in [0.29, 0.717) is 30.7 Å². The fourth-order valence-electron chi connectivity index (χ4n) is 2.93. The average molecular weight is 336 g/mol. The van der Waals surface area contributed by atoms with Gasteiger partial charge < -0.3 is 14.6 Å². The van der Waals surface area contributed by atoms with Crippen LogP contribution in [-0.2, 0) is 4.74 Å². The number of morpholine rings is 1. The van der Waals surface area contributed by atoms with Gasteiger partial charge in [0.25, 0.3) is 11.5 Å². The Bertz CT molecular complexity index is 971. The highest BCUT2D eigenvalue weighted by molar-refractivity contribution is 5.93. The fraction of sp³-hybridized carbons (Fsp3) is 0.222. The molecule has 1 N–H and O–H groups in total. The van der Waals surface area contributed by atoms with Gasteiger partial charge in [-0.25, -0.2) is 4.98 Å². The molecule has 2 aromatic heterocycles. The van der Waals surface area contributed by atoms with Crippen molar-refractivity contribution >= 4 is 16.9 Å². The van der Waals surface area contributed by atoms with Crippen molar-refractivity contribution in [3.05, 3.63) is 70.4 Å². The standard InChI is InChI=1S/C18H16N4O3/c23-17-16(20-13-5-1-2-6-14(13)21-17)18(24)22-8-9-25-15(11-22)12-4-3-7-19-10-12/h1-7,10,15H,8-9,11H2,(H,21,23)/t15-/m1/s1. The summed E-state index contributed by atoms with van der Waals surface area (Å²) in [5.41, 5.74) is 1.53. The molecule has 4 rings (SSSR count). The highest BCUT2D eigenvalue weighted by atomic mass is 16.5. The minimum atomic E-state index is -0.479. The van der Waals surface area contributed by atoms with E-state index < -0.39 is 5.56 Å². The van der Waals surface area contributed by atoms with Crippen molar-refractivity contribution in [3.8, 4) is 0 Å². The third kappa shape index (κ3) is 3.01. The van der Waals surface area contributed by atoms with Crippen molar-refractivity contribution in [2.24, 2.45) is 0 Å².